The van der Waals surface area contributed by atoms with Gasteiger partial charge in [-0.1, -0.05) is 194 Å². The van der Waals surface area contributed by atoms with E-state index in [9.17, 15) is 0 Å². The van der Waals surface area contributed by atoms with Crippen molar-refractivity contribution in [1.82, 2.24) is 23.7 Å². The largest absolute Gasteiger partial charge is 0.372 e. The summed E-state index contributed by atoms with van der Waals surface area (Å²) in [6.45, 7) is 18.2. The highest BCUT2D eigenvalue weighted by Gasteiger charge is 2.27. The van der Waals surface area contributed by atoms with Gasteiger partial charge in [0.25, 0.3) is 0 Å². The van der Waals surface area contributed by atoms with Crippen molar-refractivity contribution in [2.24, 2.45) is 0 Å². The number of unbranched alkanes of at least 4 members (excludes halogenated alkanes) is 20. The van der Waals surface area contributed by atoms with Crippen molar-refractivity contribution >= 4 is 109 Å². The molecule has 0 aliphatic rings. The second kappa shape index (κ2) is 30.6. The summed E-state index contributed by atoms with van der Waals surface area (Å²) in [7, 11) is 0. The third kappa shape index (κ3) is 15.2. The van der Waals surface area contributed by atoms with Crippen LogP contribution in [0.3, 0.4) is 0 Å². The van der Waals surface area contributed by atoms with Gasteiger partial charge in [-0.15, -0.1) is 45.3 Å². The van der Waals surface area contributed by atoms with E-state index in [1.165, 1.54) is 217 Å². The average molecular weight is 1150 g/mol. The van der Waals surface area contributed by atoms with Crippen LogP contribution >= 0.6 is 57.1 Å². The van der Waals surface area contributed by atoms with Crippen molar-refractivity contribution in [3.8, 4) is 41.9 Å². The molecule has 3 aromatic carbocycles. The van der Waals surface area contributed by atoms with Crippen LogP contribution in [0.2, 0.25) is 0 Å². The van der Waals surface area contributed by atoms with E-state index in [0.717, 1.165) is 93.4 Å². The number of rotatable bonds is 36. The van der Waals surface area contributed by atoms with Gasteiger partial charge in [-0.05, 0) is 92.1 Å². The fraction of sp³-hybridized carbons (Fsp3) is 0.537. The van der Waals surface area contributed by atoms with Crippen LogP contribution in [-0.4, -0.2) is 49.9 Å². The van der Waals surface area contributed by atoms with Gasteiger partial charge < -0.3 is 9.80 Å². The lowest BCUT2D eigenvalue weighted by atomic mass is 10.0. The predicted molar refractivity (Wildman–Crippen MR) is 353 cm³/mol. The molecule has 0 amide bonds. The normalized spacial score (nSPS) is 11.9. The van der Waals surface area contributed by atoms with Crippen molar-refractivity contribution in [3.05, 3.63) is 78.1 Å². The minimum Gasteiger partial charge on any atom is -0.372 e. The molecule has 6 heterocycles. The van der Waals surface area contributed by atoms with Gasteiger partial charge in [0.2, 0.25) is 0 Å². The summed E-state index contributed by atoms with van der Waals surface area (Å²) in [5.41, 5.74) is 12.9. The predicted octanol–water partition coefficient (Wildman–Crippen LogP) is 22.4. The fourth-order valence-electron chi connectivity index (χ4n) is 11.4. The Hall–Kier alpha value is -4.33. The third-order valence-electron chi connectivity index (χ3n) is 16.1. The molecule has 0 N–H and O–H groups in total. The second-order valence-corrected chi connectivity index (χ2v) is 26.9. The first kappa shape index (κ1) is 59.3. The number of aryl methyl sites for hydroxylation is 2. The van der Waals surface area contributed by atoms with Crippen LogP contribution in [0.25, 0.3) is 82.9 Å². The summed E-state index contributed by atoms with van der Waals surface area (Å²) in [5.74, 6) is 0. The Morgan fingerprint density at radius 2 is 0.734 bits per heavy atom. The van der Waals surface area contributed by atoms with E-state index in [-0.39, 0.29) is 0 Å². The van der Waals surface area contributed by atoms with E-state index in [1.807, 2.05) is 22.7 Å². The Balaban J connectivity index is 0.957. The fourth-order valence-corrected chi connectivity index (χ4v) is 16.7. The van der Waals surface area contributed by atoms with Crippen LogP contribution in [0.4, 0.5) is 11.4 Å². The number of hydrogen-bond donors (Lipinski definition) is 0. The standard InChI is InChI=1S/C67H89N7S5/c1-7-13-17-21-25-29-41-73(42-30-26-22-18-14-8-2)50-37-33-48(34-38-50)54-45-56-57(75-54)47-58(76-56)60-62-63(69-53(12-6)52(11-5)68-62)61(65-64(60)71-79-72-65)67-70-66-59(78-67)46-55(77-66)49-35-39-51(40-36-49)74(43-31-27-23-19-15-9-3)44-32-28-24-20-16-10-4/h33-40,45-47H,7-32,41-44H2,1-6H3. The van der Waals surface area contributed by atoms with E-state index in [2.05, 4.69) is 118 Å². The summed E-state index contributed by atoms with van der Waals surface area (Å²) in [6, 6.07) is 26.0. The first-order valence-corrected chi connectivity index (χ1v) is 35.1. The molecule has 0 radical (unpaired) electrons. The molecule has 0 atom stereocenters. The molecule has 0 bridgehead atoms. The molecule has 7 nitrogen and oxygen atoms in total. The lowest BCUT2D eigenvalue weighted by molar-refractivity contribution is 0.575. The molecule has 0 unspecified atom stereocenters. The van der Waals surface area contributed by atoms with Gasteiger partial charge in [-0.2, -0.15) is 8.75 Å². The lowest BCUT2D eigenvalue weighted by Gasteiger charge is -2.25. The van der Waals surface area contributed by atoms with Crippen LogP contribution in [0, 0.1) is 0 Å². The summed E-state index contributed by atoms with van der Waals surface area (Å²) in [6.07, 6.45) is 33.6. The van der Waals surface area contributed by atoms with E-state index in [0.29, 0.717) is 0 Å². The van der Waals surface area contributed by atoms with Gasteiger partial charge in [0, 0.05) is 67.1 Å². The Morgan fingerprint density at radius 3 is 1.18 bits per heavy atom. The summed E-state index contributed by atoms with van der Waals surface area (Å²) < 4.78 is 13.9. The Morgan fingerprint density at radius 1 is 0.354 bits per heavy atom. The Labute approximate surface area is 494 Å². The molecule has 0 aliphatic heterocycles. The number of thiophene rings is 3. The summed E-state index contributed by atoms with van der Waals surface area (Å²) in [4.78, 5) is 26.5. The van der Waals surface area contributed by atoms with E-state index >= 15 is 0 Å². The maximum atomic E-state index is 5.50. The van der Waals surface area contributed by atoms with Gasteiger partial charge in [-0.25, -0.2) is 15.0 Å². The number of fused-ring (bicyclic) bond motifs is 4. The van der Waals surface area contributed by atoms with Crippen molar-refractivity contribution in [1.29, 1.82) is 0 Å². The zero-order valence-electron chi connectivity index (χ0n) is 48.7. The monoisotopic (exact) mass is 1150 g/mol. The highest BCUT2D eigenvalue weighted by Crippen LogP contribution is 2.49. The molecule has 12 heteroatoms. The first-order valence-electron chi connectivity index (χ1n) is 31.1. The maximum Gasteiger partial charge on any atom is 0.135 e. The smallest absolute Gasteiger partial charge is 0.135 e. The van der Waals surface area contributed by atoms with Crippen LogP contribution in [0.1, 0.15) is 207 Å². The minimum absolute atomic E-state index is 0.813. The average Bonchev–Trinajstić information content (AvgIpc) is 4.48. The Kier molecular flexibility index (Phi) is 23.0. The zero-order valence-corrected chi connectivity index (χ0v) is 52.8. The van der Waals surface area contributed by atoms with Crippen molar-refractivity contribution in [3.63, 3.8) is 0 Å². The molecule has 0 saturated heterocycles. The van der Waals surface area contributed by atoms with Crippen molar-refractivity contribution in [2.75, 3.05) is 36.0 Å². The van der Waals surface area contributed by atoms with Crippen LogP contribution in [0.15, 0.2) is 66.7 Å². The van der Waals surface area contributed by atoms with Gasteiger partial charge in [0.05, 0.1) is 33.4 Å². The molecular weight excluding hydrogens is 1060 g/mol. The number of nitrogens with zero attached hydrogens (tertiary/aromatic N) is 7. The van der Waals surface area contributed by atoms with E-state index in [4.69, 9.17) is 23.7 Å². The SMILES string of the molecule is CCCCCCCCN(CCCCCCCC)c1ccc(-c2cc3sc(-c4c5nsnc5c(-c5nc6sc(-c7ccc(N(CCCCCCCC)CCCCCCCC)cc7)cc6s5)c5nc(CC)c(CC)nc45)cc3s2)cc1. The van der Waals surface area contributed by atoms with Crippen molar-refractivity contribution in [2.45, 2.75) is 208 Å². The van der Waals surface area contributed by atoms with Crippen LogP contribution < -0.4 is 9.80 Å². The second-order valence-electron chi connectivity index (χ2n) is 22.1. The molecular formula is C67H89N7S5. The van der Waals surface area contributed by atoms with E-state index in [1.54, 1.807) is 22.7 Å². The number of aromatic nitrogens is 5. The molecule has 9 aromatic rings. The van der Waals surface area contributed by atoms with Gasteiger partial charge in [0.1, 0.15) is 31.9 Å². The topological polar surface area (TPSA) is 70.9 Å². The molecule has 0 spiro atoms. The van der Waals surface area contributed by atoms with Gasteiger partial charge in [0.15, 0.2) is 0 Å². The molecule has 0 fully saturated rings. The third-order valence-corrected chi connectivity index (χ3v) is 21.2. The van der Waals surface area contributed by atoms with E-state index < -0.39 is 0 Å². The number of anilines is 2. The molecule has 0 saturated carbocycles. The van der Waals surface area contributed by atoms with Gasteiger partial charge >= 0.3 is 0 Å². The first-order chi connectivity index (χ1) is 38.9. The molecule has 0 aliphatic carbocycles. The summed E-state index contributed by atoms with van der Waals surface area (Å²) >= 11 is 8.54. The summed E-state index contributed by atoms with van der Waals surface area (Å²) in [5, 5.41) is 0.939. The highest BCUT2D eigenvalue weighted by molar-refractivity contribution is 7.31. The van der Waals surface area contributed by atoms with Gasteiger partial charge in [-0.3, -0.25) is 0 Å². The van der Waals surface area contributed by atoms with Crippen molar-refractivity contribution < 1.29 is 0 Å². The quantitative estimate of drug-likeness (QED) is 0.0362. The Bertz CT molecular complexity index is 2940. The zero-order chi connectivity index (χ0) is 54.8. The minimum atomic E-state index is 0.813. The molecule has 79 heavy (non-hydrogen) atoms. The highest BCUT2D eigenvalue weighted by atomic mass is 32.1. The molecule has 422 valence electrons. The lowest BCUT2D eigenvalue weighted by Crippen LogP contribution is -2.25. The molecule has 9 rings (SSSR count). The van der Waals surface area contributed by atoms with Crippen LogP contribution in [-0.2, 0) is 12.8 Å². The maximum absolute atomic E-state index is 5.50. The number of hydrogen-bond acceptors (Lipinski definition) is 12. The number of thiazole rings is 1. The molecule has 6 aromatic heterocycles. The van der Waals surface area contributed by atoms with Crippen LogP contribution in [0.5, 0.6) is 0 Å². The number of benzene rings is 3.